The third kappa shape index (κ3) is 4.69. The lowest BCUT2D eigenvalue weighted by molar-refractivity contribution is 0.0819. The van der Waals surface area contributed by atoms with E-state index in [1.165, 1.54) is 13.2 Å². The van der Waals surface area contributed by atoms with Gasteiger partial charge in [0.25, 0.3) is 5.91 Å². The zero-order valence-corrected chi connectivity index (χ0v) is 17.1. The number of methoxy groups -OCH3 is 1. The number of carbonyl (C=O) groups is 1. The van der Waals surface area contributed by atoms with Gasteiger partial charge in [0.05, 0.1) is 18.5 Å². The number of carbonyl (C=O) groups excluding carboxylic acids is 1. The van der Waals surface area contributed by atoms with E-state index in [9.17, 15) is 9.18 Å². The Labute approximate surface area is 178 Å². The minimum atomic E-state index is -0.456. The maximum absolute atomic E-state index is 13.6. The van der Waals surface area contributed by atoms with Crippen LogP contribution in [0.15, 0.2) is 59.8 Å². The van der Waals surface area contributed by atoms with Gasteiger partial charge in [0.15, 0.2) is 17.7 Å². The monoisotopic (exact) mass is 420 g/mol. The van der Waals surface area contributed by atoms with Gasteiger partial charge in [-0.15, -0.1) is 0 Å². The molecule has 31 heavy (non-hydrogen) atoms. The average Bonchev–Trinajstić information content (AvgIpc) is 3.29. The number of aryl methyl sites for hydroxylation is 1. The Morgan fingerprint density at radius 1 is 1.19 bits per heavy atom. The smallest absolute Gasteiger partial charge is 0.270 e. The fourth-order valence-electron chi connectivity index (χ4n) is 3.30. The summed E-state index contributed by atoms with van der Waals surface area (Å²) in [6, 6.07) is 15.8. The number of benzene rings is 2. The molecular weight excluding hydrogens is 399 g/mol. The van der Waals surface area contributed by atoms with Gasteiger partial charge in [-0.05, 0) is 36.2 Å². The Morgan fingerprint density at radius 3 is 2.77 bits per heavy atom. The van der Waals surface area contributed by atoms with Crippen LogP contribution in [0.25, 0.3) is 0 Å². The Morgan fingerprint density at radius 2 is 2.00 bits per heavy atom. The fourth-order valence-corrected chi connectivity index (χ4v) is 3.30. The van der Waals surface area contributed by atoms with E-state index in [2.05, 4.69) is 20.4 Å². The SMILES string of the molecule is COc1cc(CNC(=O)c2cc(C3CC(c4ccccc4)=NO3)nc(C)n2)ccc1F. The van der Waals surface area contributed by atoms with E-state index in [4.69, 9.17) is 9.57 Å². The van der Waals surface area contributed by atoms with Gasteiger partial charge in [-0.2, -0.15) is 0 Å². The maximum Gasteiger partial charge on any atom is 0.270 e. The van der Waals surface area contributed by atoms with Crippen LogP contribution in [0.3, 0.4) is 0 Å². The molecule has 1 aromatic heterocycles. The number of nitrogens with zero attached hydrogens (tertiary/aromatic N) is 3. The highest BCUT2D eigenvalue weighted by atomic mass is 19.1. The van der Waals surface area contributed by atoms with Gasteiger partial charge >= 0.3 is 0 Å². The van der Waals surface area contributed by atoms with E-state index in [1.807, 2.05) is 30.3 Å². The number of halogens is 1. The second-order valence-corrected chi connectivity index (χ2v) is 7.08. The second kappa shape index (κ2) is 8.91. The van der Waals surface area contributed by atoms with Crippen LogP contribution in [0.2, 0.25) is 0 Å². The molecule has 1 amide bonds. The molecule has 158 valence electrons. The number of amides is 1. The molecule has 8 heteroatoms. The summed E-state index contributed by atoms with van der Waals surface area (Å²) in [5.41, 5.74) is 3.35. The van der Waals surface area contributed by atoms with Crippen molar-refractivity contribution in [3.63, 3.8) is 0 Å². The van der Waals surface area contributed by atoms with Gasteiger partial charge in [0.2, 0.25) is 0 Å². The van der Waals surface area contributed by atoms with Crippen LogP contribution in [-0.2, 0) is 11.4 Å². The summed E-state index contributed by atoms with van der Waals surface area (Å²) in [6.45, 7) is 1.92. The highest BCUT2D eigenvalue weighted by Crippen LogP contribution is 2.28. The van der Waals surface area contributed by atoms with Crippen molar-refractivity contribution in [1.82, 2.24) is 15.3 Å². The van der Waals surface area contributed by atoms with Crippen molar-refractivity contribution in [2.24, 2.45) is 5.16 Å². The standard InChI is InChI=1S/C23H21FN4O3/c1-14-26-19(22-12-18(28-31-22)16-6-4-3-5-7-16)11-20(27-14)23(29)25-13-15-8-9-17(24)21(10-15)30-2/h3-11,22H,12-13H2,1-2H3,(H,25,29). The third-order valence-corrected chi connectivity index (χ3v) is 4.86. The molecule has 0 aliphatic carbocycles. The van der Waals surface area contributed by atoms with Crippen LogP contribution in [0.5, 0.6) is 5.75 Å². The zero-order chi connectivity index (χ0) is 21.8. The number of oxime groups is 1. The van der Waals surface area contributed by atoms with Crippen molar-refractivity contribution in [3.05, 3.63) is 88.8 Å². The van der Waals surface area contributed by atoms with Crippen LogP contribution >= 0.6 is 0 Å². The molecule has 4 rings (SSSR count). The molecule has 3 aromatic rings. The molecule has 2 heterocycles. The fraction of sp³-hybridized carbons (Fsp3) is 0.217. The summed E-state index contributed by atoms with van der Waals surface area (Å²) in [5.74, 6) is -0.234. The van der Waals surface area contributed by atoms with Gasteiger partial charge in [-0.25, -0.2) is 14.4 Å². The van der Waals surface area contributed by atoms with Gasteiger partial charge in [0, 0.05) is 13.0 Å². The quantitative estimate of drug-likeness (QED) is 0.657. The predicted octanol–water partition coefficient (Wildman–Crippen LogP) is 3.73. The zero-order valence-electron chi connectivity index (χ0n) is 17.1. The minimum Gasteiger partial charge on any atom is -0.494 e. The molecule has 1 atom stereocenters. The molecule has 0 bridgehead atoms. The molecular formula is C23H21FN4O3. The lowest BCUT2D eigenvalue weighted by Crippen LogP contribution is -2.25. The first-order chi connectivity index (χ1) is 15.0. The Hall–Kier alpha value is -3.81. The Balaban J connectivity index is 1.45. The molecule has 0 fully saturated rings. The van der Waals surface area contributed by atoms with Crippen LogP contribution < -0.4 is 10.1 Å². The molecule has 2 aromatic carbocycles. The Kier molecular flexibility index (Phi) is 5.88. The molecule has 0 saturated carbocycles. The normalized spacial score (nSPS) is 15.2. The molecule has 7 nitrogen and oxygen atoms in total. The van der Waals surface area contributed by atoms with Gasteiger partial charge < -0.3 is 14.9 Å². The number of aromatic nitrogens is 2. The van der Waals surface area contributed by atoms with E-state index >= 15 is 0 Å². The molecule has 0 spiro atoms. The highest BCUT2D eigenvalue weighted by Gasteiger charge is 2.26. The molecule has 1 aliphatic heterocycles. The summed E-state index contributed by atoms with van der Waals surface area (Å²) in [5, 5.41) is 6.97. The number of ether oxygens (including phenoxy) is 1. The van der Waals surface area contributed by atoms with Gasteiger partial charge in [-0.3, -0.25) is 4.79 Å². The molecule has 1 unspecified atom stereocenters. The second-order valence-electron chi connectivity index (χ2n) is 7.08. The number of hydrogen-bond donors (Lipinski definition) is 1. The van der Waals surface area contributed by atoms with E-state index < -0.39 is 5.82 Å². The van der Waals surface area contributed by atoms with Crippen molar-refractivity contribution in [2.45, 2.75) is 26.0 Å². The number of nitrogens with one attached hydrogen (secondary N) is 1. The minimum absolute atomic E-state index is 0.125. The summed E-state index contributed by atoms with van der Waals surface area (Å²) in [7, 11) is 1.39. The first kappa shape index (κ1) is 20.5. The average molecular weight is 420 g/mol. The van der Waals surface area contributed by atoms with Crippen molar-refractivity contribution in [3.8, 4) is 5.75 Å². The van der Waals surface area contributed by atoms with Crippen molar-refractivity contribution >= 4 is 11.6 Å². The number of hydrogen-bond acceptors (Lipinski definition) is 6. The largest absolute Gasteiger partial charge is 0.494 e. The van der Waals surface area contributed by atoms with Crippen LogP contribution in [-0.4, -0.2) is 28.7 Å². The van der Waals surface area contributed by atoms with E-state index in [1.54, 1.807) is 25.1 Å². The van der Waals surface area contributed by atoms with Crippen LogP contribution in [0, 0.1) is 12.7 Å². The summed E-state index contributed by atoms with van der Waals surface area (Å²) < 4.78 is 18.5. The number of rotatable bonds is 6. The topological polar surface area (TPSA) is 85.7 Å². The van der Waals surface area contributed by atoms with E-state index in [0.29, 0.717) is 23.5 Å². The van der Waals surface area contributed by atoms with Crippen molar-refractivity contribution in [2.75, 3.05) is 7.11 Å². The summed E-state index contributed by atoms with van der Waals surface area (Å²) in [4.78, 5) is 26.9. The maximum atomic E-state index is 13.6. The lowest BCUT2D eigenvalue weighted by Gasteiger charge is -2.11. The first-order valence-electron chi connectivity index (χ1n) is 9.78. The van der Waals surface area contributed by atoms with Crippen molar-refractivity contribution < 1.29 is 18.8 Å². The third-order valence-electron chi connectivity index (χ3n) is 4.86. The van der Waals surface area contributed by atoms with E-state index in [0.717, 1.165) is 11.3 Å². The van der Waals surface area contributed by atoms with Crippen LogP contribution in [0.4, 0.5) is 4.39 Å². The molecule has 0 radical (unpaired) electrons. The first-order valence-corrected chi connectivity index (χ1v) is 9.78. The summed E-state index contributed by atoms with van der Waals surface area (Å²) in [6.07, 6.45) is 0.168. The van der Waals surface area contributed by atoms with Crippen LogP contribution in [0.1, 0.15) is 45.7 Å². The molecule has 0 saturated heterocycles. The summed E-state index contributed by atoms with van der Waals surface area (Å²) >= 11 is 0. The van der Waals surface area contributed by atoms with Gasteiger partial charge in [0.1, 0.15) is 11.5 Å². The highest BCUT2D eigenvalue weighted by molar-refractivity contribution is 6.01. The van der Waals surface area contributed by atoms with Gasteiger partial charge in [-0.1, -0.05) is 41.6 Å². The van der Waals surface area contributed by atoms with Crippen molar-refractivity contribution in [1.29, 1.82) is 0 Å². The molecule has 1 aliphatic rings. The van der Waals surface area contributed by atoms with E-state index in [-0.39, 0.29) is 30.0 Å². The molecule has 1 N–H and O–H groups in total. The Bertz CT molecular complexity index is 1130. The lowest BCUT2D eigenvalue weighted by atomic mass is 10.0. The predicted molar refractivity (Wildman–Crippen MR) is 112 cm³/mol.